The van der Waals surface area contributed by atoms with Crippen molar-refractivity contribution < 1.29 is 24.1 Å². The zero-order valence-corrected chi connectivity index (χ0v) is 19.1. The van der Waals surface area contributed by atoms with Crippen LogP contribution in [0.2, 0.25) is 0 Å². The number of benzene rings is 3. The summed E-state index contributed by atoms with van der Waals surface area (Å²) in [4.78, 5) is 14.7. The van der Waals surface area contributed by atoms with Gasteiger partial charge in [-0.3, -0.25) is 4.79 Å². The number of hydrogen-bond donors (Lipinski definition) is 3. The van der Waals surface area contributed by atoms with Gasteiger partial charge in [-0.25, -0.2) is 9.07 Å². The topological polar surface area (TPSA) is 114 Å². The summed E-state index contributed by atoms with van der Waals surface area (Å²) in [5, 5.41) is 25.2. The van der Waals surface area contributed by atoms with E-state index in [1.54, 1.807) is 37.4 Å². The highest BCUT2D eigenvalue weighted by Crippen LogP contribution is 2.36. The SMILES string of the molecule is CN(Cc1ccccc1OCCN)C(=O)c1cc(-c2ccnn2-c2ccccc2F)c(O)cc1O. The number of aromatic nitrogens is 2. The summed E-state index contributed by atoms with van der Waals surface area (Å²) < 4.78 is 21.4. The number of amides is 1. The van der Waals surface area contributed by atoms with E-state index >= 15 is 0 Å². The van der Waals surface area contributed by atoms with Crippen LogP contribution in [0.3, 0.4) is 0 Å². The predicted octanol–water partition coefficient (Wildman–Crippen LogP) is 3.70. The number of rotatable bonds is 8. The number of ether oxygens (including phenoxy) is 1. The predicted molar refractivity (Wildman–Crippen MR) is 129 cm³/mol. The number of aromatic hydroxyl groups is 2. The lowest BCUT2D eigenvalue weighted by Crippen LogP contribution is -2.26. The van der Waals surface area contributed by atoms with Crippen molar-refractivity contribution >= 4 is 5.91 Å². The third-order valence-electron chi connectivity index (χ3n) is 5.45. The molecule has 4 aromatic rings. The molecule has 0 fully saturated rings. The third kappa shape index (κ3) is 4.95. The molecule has 9 heteroatoms. The van der Waals surface area contributed by atoms with E-state index in [0.29, 0.717) is 24.6 Å². The van der Waals surface area contributed by atoms with Crippen molar-refractivity contribution in [2.45, 2.75) is 6.54 Å². The zero-order valence-electron chi connectivity index (χ0n) is 19.1. The molecule has 1 aromatic heterocycles. The van der Waals surface area contributed by atoms with Gasteiger partial charge in [0.2, 0.25) is 0 Å². The van der Waals surface area contributed by atoms with E-state index in [4.69, 9.17) is 10.5 Å². The minimum Gasteiger partial charge on any atom is -0.507 e. The number of phenols is 2. The largest absolute Gasteiger partial charge is 0.507 e. The first kappa shape index (κ1) is 23.8. The highest BCUT2D eigenvalue weighted by Gasteiger charge is 2.22. The van der Waals surface area contributed by atoms with Crippen molar-refractivity contribution in [2.24, 2.45) is 5.73 Å². The summed E-state index contributed by atoms with van der Waals surface area (Å²) in [7, 11) is 1.59. The molecule has 8 nitrogen and oxygen atoms in total. The highest BCUT2D eigenvalue weighted by atomic mass is 19.1. The Bertz CT molecular complexity index is 1350. The second-order valence-electron chi connectivity index (χ2n) is 7.87. The lowest BCUT2D eigenvalue weighted by Gasteiger charge is -2.20. The van der Waals surface area contributed by atoms with Gasteiger partial charge in [-0.2, -0.15) is 5.10 Å². The fourth-order valence-electron chi connectivity index (χ4n) is 3.75. The first-order valence-corrected chi connectivity index (χ1v) is 10.9. The van der Waals surface area contributed by atoms with Gasteiger partial charge in [-0.1, -0.05) is 30.3 Å². The molecular formula is C26H25FN4O4. The Kier molecular flexibility index (Phi) is 6.98. The molecule has 0 bridgehead atoms. The van der Waals surface area contributed by atoms with E-state index in [1.165, 1.54) is 27.9 Å². The van der Waals surface area contributed by atoms with Crippen LogP contribution in [-0.4, -0.2) is 51.0 Å². The van der Waals surface area contributed by atoms with Crippen LogP contribution in [0.5, 0.6) is 17.2 Å². The van der Waals surface area contributed by atoms with Gasteiger partial charge >= 0.3 is 0 Å². The molecule has 0 aliphatic rings. The van der Waals surface area contributed by atoms with Gasteiger partial charge in [0.1, 0.15) is 35.4 Å². The van der Waals surface area contributed by atoms with Crippen LogP contribution < -0.4 is 10.5 Å². The molecule has 180 valence electrons. The standard InChI is InChI=1S/C26H25FN4O4/c1-30(16-17-6-2-5-9-25(17)35-13-11-28)26(34)19-14-18(23(32)15-24(19)33)21-10-12-29-31(21)22-8-4-3-7-20(22)27/h2-10,12,14-15,32-33H,11,13,16,28H2,1H3. The summed E-state index contributed by atoms with van der Waals surface area (Å²) in [6.07, 6.45) is 1.46. The quantitative estimate of drug-likeness (QED) is 0.357. The van der Waals surface area contributed by atoms with E-state index in [2.05, 4.69) is 5.10 Å². The van der Waals surface area contributed by atoms with Gasteiger partial charge in [0.05, 0.1) is 17.5 Å². The van der Waals surface area contributed by atoms with Crippen LogP contribution >= 0.6 is 0 Å². The molecule has 1 heterocycles. The van der Waals surface area contributed by atoms with Crippen LogP contribution in [0.1, 0.15) is 15.9 Å². The molecule has 0 spiro atoms. The Morgan fingerprint density at radius 1 is 1.09 bits per heavy atom. The smallest absolute Gasteiger partial charge is 0.257 e. The summed E-state index contributed by atoms with van der Waals surface area (Å²) in [5.41, 5.74) is 7.02. The van der Waals surface area contributed by atoms with Crippen molar-refractivity contribution in [3.8, 4) is 34.2 Å². The Morgan fingerprint density at radius 2 is 1.83 bits per heavy atom. The summed E-state index contributed by atoms with van der Waals surface area (Å²) >= 11 is 0. The first-order chi connectivity index (χ1) is 16.9. The molecule has 0 atom stereocenters. The number of phenolic OH excluding ortho intramolecular Hbond substituents is 2. The number of nitrogens with zero attached hydrogens (tertiary/aromatic N) is 3. The minimum absolute atomic E-state index is 0.0260. The number of halogens is 1. The Morgan fingerprint density at radius 3 is 2.60 bits per heavy atom. The van der Waals surface area contributed by atoms with Gasteiger partial charge in [0.25, 0.3) is 5.91 Å². The number of para-hydroxylation sites is 2. The van der Waals surface area contributed by atoms with E-state index < -0.39 is 11.7 Å². The molecule has 35 heavy (non-hydrogen) atoms. The first-order valence-electron chi connectivity index (χ1n) is 10.9. The van der Waals surface area contributed by atoms with E-state index in [1.807, 2.05) is 18.2 Å². The van der Waals surface area contributed by atoms with Gasteiger partial charge in [0, 0.05) is 37.3 Å². The lowest BCUT2D eigenvalue weighted by molar-refractivity contribution is 0.0781. The van der Waals surface area contributed by atoms with Crippen molar-refractivity contribution in [3.05, 3.63) is 89.9 Å². The maximum absolute atomic E-state index is 14.4. The molecule has 0 unspecified atom stereocenters. The Labute approximate surface area is 201 Å². The molecule has 0 radical (unpaired) electrons. The Hall–Kier alpha value is -4.37. The molecule has 0 saturated heterocycles. The summed E-state index contributed by atoms with van der Waals surface area (Å²) in [6, 6.07) is 17.4. The van der Waals surface area contributed by atoms with Gasteiger partial charge in [-0.15, -0.1) is 0 Å². The van der Waals surface area contributed by atoms with Crippen LogP contribution in [-0.2, 0) is 6.54 Å². The Balaban J connectivity index is 1.67. The lowest BCUT2D eigenvalue weighted by atomic mass is 10.0. The van der Waals surface area contributed by atoms with E-state index in [-0.39, 0.29) is 34.9 Å². The fourth-order valence-corrected chi connectivity index (χ4v) is 3.75. The average molecular weight is 477 g/mol. The maximum Gasteiger partial charge on any atom is 0.257 e. The summed E-state index contributed by atoms with van der Waals surface area (Å²) in [6.45, 7) is 0.908. The molecule has 0 aliphatic carbocycles. The van der Waals surface area contributed by atoms with E-state index in [0.717, 1.165) is 11.6 Å². The van der Waals surface area contributed by atoms with E-state index in [9.17, 15) is 19.4 Å². The zero-order chi connectivity index (χ0) is 24.9. The number of carbonyl (C=O) groups excluding carboxylic acids is 1. The highest BCUT2D eigenvalue weighted by molar-refractivity contribution is 5.98. The second kappa shape index (κ2) is 10.3. The fraction of sp³-hybridized carbons (Fsp3) is 0.154. The molecular weight excluding hydrogens is 451 g/mol. The maximum atomic E-state index is 14.4. The average Bonchev–Trinajstić information content (AvgIpc) is 3.33. The van der Waals surface area contributed by atoms with Gasteiger partial charge in [-0.05, 0) is 30.3 Å². The van der Waals surface area contributed by atoms with Crippen LogP contribution in [0.4, 0.5) is 4.39 Å². The molecule has 3 aromatic carbocycles. The molecule has 0 saturated carbocycles. The molecule has 1 amide bonds. The molecule has 0 aliphatic heterocycles. The normalized spacial score (nSPS) is 10.8. The monoisotopic (exact) mass is 476 g/mol. The molecule has 4 N–H and O–H groups in total. The number of carbonyl (C=O) groups is 1. The third-order valence-corrected chi connectivity index (χ3v) is 5.45. The van der Waals surface area contributed by atoms with Crippen LogP contribution in [0.15, 0.2) is 72.9 Å². The van der Waals surface area contributed by atoms with Crippen LogP contribution in [0.25, 0.3) is 16.9 Å². The van der Waals surface area contributed by atoms with Gasteiger partial charge in [0.15, 0.2) is 0 Å². The van der Waals surface area contributed by atoms with Crippen molar-refractivity contribution in [2.75, 3.05) is 20.2 Å². The van der Waals surface area contributed by atoms with Crippen molar-refractivity contribution in [1.82, 2.24) is 14.7 Å². The molecule has 4 rings (SSSR count). The van der Waals surface area contributed by atoms with Crippen molar-refractivity contribution in [1.29, 1.82) is 0 Å². The van der Waals surface area contributed by atoms with Gasteiger partial charge < -0.3 is 25.6 Å². The number of hydrogen-bond acceptors (Lipinski definition) is 6. The van der Waals surface area contributed by atoms with Crippen molar-refractivity contribution in [3.63, 3.8) is 0 Å². The second-order valence-corrected chi connectivity index (χ2v) is 7.87. The number of nitrogens with two attached hydrogens (primary N) is 1. The van der Waals surface area contributed by atoms with Crippen LogP contribution in [0, 0.1) is 5.82 Å². The summed E-state index contributed by atoms with van der Waals surface area (Å²) in [5.74, 6) is -1.02. The minimum atomic E-state index is -0.498.